The van der Waals surface area contributed by atoms with Gasteiger partial charge < -0.3 is 10.0 Å². The predicted octanol–water partition coefficient (Wildman–Crippen LogP) is 5.63. The molecule has 0 bridgehead atoms. The molecule has 0 unspecified atom stereocenters. The van der Waals surface area contributed by atoms with Gasteiger partial charge in [-0.05, 0) is 55.5 Å². The summed E-state index contributed by atoms with van der Waals surface area (Å²) < 4.78 is 0. The zero-order valence-electron chi connectivity index (χ0n) is 17.0. The van der Waals surface area contributed by atoms with Crippen LogP contribution in [0.15, 0.2) is 88.5 Å². The van der Waals surface area contributed by atoms with Crippen molar-refractivity contribution in [2.24, 2.45) is 10.9 Å². The van der Waals surface area contributed by atoms with Crippen molar-refractivity contribution in [3.63, 3.8) is 0 Å². The number of aromatic hydroxyl groups is 1. The van der Waals surface area contributed by atoms with Gasteiger partial charge in [0.25, 0.3) is 0 Å². The summed E-state index contributed by atoms with van der Waals surface area (Å²) in [6.07, 6.45) is 11.5. The number of rotatable bonds is 2. The summed E-state index contributed by atoms with van der Waals surface area (Å²) in [4.78, 5) is 9.63. The van der Waals surface area contributed by atoms with Crippen molar-refractivity contribution in [3.8, 4) is 5.75 Å². The fourth-order valence-electron chi connectivity index (χ4n) is 5.00. The molecule has 1 fully saturated rings. The van der Waals surface area contributed by atoms with Crippen LogP contribution in [-0.2, 0) is 0 Å². The molecular weight excluding hydrogens is 358 g/mol. The molecule has 0 amide bonds. The van der Waals surface area contributed by atoms with Gasteiger partial charge in [0.1, 0.15) is 17.4 Å². The summed E-state index contributed by atoms with van der Waals surface area (Å²) in [5, 5.41) is 9.78. The molecule has 2 aliphatic carbocycles. The van der Waals surface area contributed by atoms with Crippen LogP contribution in [0.25, 0.3) is 0 Å². The summed E-state index contributed by atoms with van der Waals surface area (Å²) >= 11 is 0. The number of likely N-dealkylation sites (N-methyl/N-ethyl adjacent to an activating group) is 1. The van der Waals surface area contributed by atoms with Crippen molar-refractivity contribution in [1.29, 1.82) is 0 Å². The smallest absolute Gasteiger partial charge is 0.144 e. The van der Waals surface area contributed by atoms with Gasteiger partial charge in [-0.3, -0.25) is 4.90 Å². The van der Waals surface area contributed by atoms with Crippen LogP contribution >= 0.6 is 0 Å². The average Bonchev–Trinajstić information content (AvgIpc) is 3.27. The van der Waals surface area contributed by atoms with E-state index in [9.17, 15) is 5.11 Å². The molecule has 1 N–H and O–H groups in total. The normalized spacial score (nSPS) is 22.3. The van der Waals surface area contributed by atoms with Crippen LogP contribution in [0.3, 0.4) is 0 Å². The van der Waals surface area contributed by atoms with Crippen LogP contribution in [0.2, 0.25) is 0 Å². The lowest BCUT2D eigenvalue weighted by Crippen LogP contribution is -2.42. The van der Waals surface area contributed by atoms with Crippen LogP contribution in [-0.4, -0.2) is 22.9 Å². The van der Waals surface area contributed by atoms with Gasteiger partial charge in [-0.2, -0.15) is 0 Å². The van der Waals surface area contributed by atoms with Crippen molar-refractivity contribution >= 4 is 11.5 Å². The number of hydrogen-bond donors (Lipinski definition) is 1. The Balaban J connectivity index is 1.68. The van der Waals surface area contributed by atoms with E-state index in [1.165, 1.54) is 24.1 Å². The molecule has 1 aromatic carbocycles. The molecule has 0 atom stereocenters. The highest BCUT2D eigenvalue weighted by Gasteiger charge is 2.39. The lowest BCUT2D eigenvalue weighted by atomic mass is 9.85. The maximum atomic E-state index is 9.78. The number of phenolic OH excluding ortho intramolecular Hbond substituents is 1. The molecule has 4 heteroatoms. The maximum absolute atomic E-state index is 9.78. The minimum absolute atomic E-state index is 0.264. The van der Waals surface area contributed by atoms with Crippen LogP contribution in [0.5, 0.6) is 5.75 Å². The van der Waals surface area contributed by atoms with Crippen molar-refractivity contribution in [3.05, 3.63) is 83.5 Å². The highest BCUT2D eigenvalue weighted by molar-refractivity contribution is 6.05. The quantitative estimate of drug-likeness (QED) is 0.717. The molecular formula is C25H27N3O. The van der Waals surface area contributed by atoms with E-state index in [4.69, 9.17) is 4.99 Å². The second-order valence-corrected chi connectivity index (χ2v) is 8.27. The van der Waals surface area contributed by atoms with Gasteiger partial charge in [0, 0.05) is 35.5 Å². The minimum atomic E-state index is 0.264. The molecule has 0 saturated heterocycles. The van der Waals surface area contributed by atoms with Crippen LogP contribution in [0.4, 0.5) is 5.69 Å². The molecule has 2 heterocycles. The van der Waals surface area contributed by atoms with E-state index in [1.54, 1.807) is 12.1 Å². The van der Waals surface area contributed by atoms with Gasteiger partial charge >= 0.3 is 0 Å². The maximum Gasteiger partial charge on any atom is 0.144 e. The van der Waals surface area contributed by atoms with Crippen LogP contribution < -0.4 is 4.90 Å². The second kappa shape index (κ2) is 6.80. The first-order chi connectivity index (χ1) is 14.1. The Morgan fingerprint density at radius 3 is 2.45 bits per heavy atom. The fraction of sp³-hybridized carbons (Fsp3) is 0.320. The molecule has 4 aliphatic rings. The monoisotopic (exact) mass is 385 g/mol. The summed E-state index contributed by atoms with van der Waals surface area (Å²) in [6.45, 7) is 8.96. The zero-order valence-corrected chi connectivity index (χ0v) is 17.0. The SMILES string of the molecule is C=C1C2=CCCC=C2N(C)C2=C1C(=C)N(c1ccc(O)cc1)C(C1CCCC1)=N2. The van der Waals surface area contributed by atoms with Gasteiger partial charge in [0.05, 0.1) is 5.70 Å². The van der Waals surface area contributed by atoms with Crippen molar-refractivity contribution in [2.45, 2.75) is 38.5 Å². The minimum Gasteiger partial charge on any atom is -0.508 e. The summed E-state index contributed by atoms with van der Waals surface area (Å²) in [5.41, 5.74) is 6.34. The Kier molecular flexibility index (Phi) is 4.23. The third kappa shape index (κ3) is 2.78. The highest BCUT2D eigenvalue weighted by atomic mass is 16.3. The number of aliphatic imine (C=N–C) groups is 1. The van der Waals surface area contributed by atoms with Crippen molar-refractivity contribution in [2.75, 3.05) is 11.9 Å². The van der Waals surface area contributed by atoms with E-state index in [0.29, 0.717) is 5.92 Å². The molecule has 29 heavy (non-hydrogen) atoms. The first-order valence-corrected chi connectivity index (χ1v) is 10.5. The third-order valence-corrected chi connectivity index (χ3v) is 6.49. The van der Waals surface area contributed by atoms with Crippen LogP contribution in [0, 0.1) is 5.92 Å². The van der Waals surface area contributed by atoms with E-state index < -0.39 is 0 Å². The lowest BCUT2D eigenvalue weighted by Gasteiger charge is -2.43. The van der Waals surface area contributed by atoms with E-state index >= 15 is 0 Å². The van der Waals surface area contributed by atoms with E-state index in [0.717, 1.165) is 59.9 Å². The molecule has 2 aliphatic heterocycles. The van der Waals surface area contributed by atoms with Gasteiger partial charge in [-0.25, -0.2) is 4.99 Å². The first-order valence-electron chi connectivity index (χ1n) is 10.5. The second-order valence-electron chi connectivity index (χ2n) is 8.27. The fourth-order valence-corrected chi connectivity index (χ4v) is 5.00. The Bertz CT molecular complexity index is 1020. The number of allylic oxidation sites excluding steroid dienone is 4. The van der Waals surface area contributed by atoms with Crippen molar-refractivity contribution < 1.29 is 5.11 Å². The predicted molar refractivity (Wildman–Crippen MR) is 118 cm³/mol. The van der Waals surface area contributed by atoms with Gasteiger partial charge in [0.15, 0.2) is 0 Å². The Labute approximate surface area is 172 Å². The number of phenols is 1. The zero-order chi connectivity index (χ0) is 20.1. The number of fused-ring (bicyclic) bond motifs is 1. The molecule has 4 nitrogen and oxygen atoms in total. The number of benzene rings is 1. The molecule has 1 saturated carbocycles. The molecule has 0 radical (unpaired) electrons. The van der Waals surface area contributed by atoms with E-state index in [-0.39, 0.29) is 5.75 Å². The molecule has 0 aromatic heterocycles. The number of amidine groups is 1. The van der Waals surface area contributed by atoms with Gasteiger partial charge in [-0.15, -0.1) is 0 Å². The Morgan fingerprint density at radius 1 is 1.03 bits per heavy atom. The topological polar surface area (TPSA) is 39.1 Å². The number of hydrogen-bond acceptors (Lipinski definition) is 4. The average molecular weight is 386 g/mol. The third-order valence-electron chi connectivity index (χ3n) is 6.49. The Hall–Kier alpha value is -3.01. The summed E-state index contributed by atoms with van der Waals surface area (Å²) in [6, 6.07) is 7.34. The van der Waals surface area contributed by atoms with Gasteiger partial charge in [-0.1, -0.05) is 38.2 Å². The molecule has 0 spiro atoms. The number of nitrogens with zero attached hydrogens (tertiary/aromatic N) is 3. The summed E-state index contributed by atoms with van der Waals surface area (Å²) in [7, 11) is 2.10. The van der Waals surface area contributed by atoms with E-state index in [1.807, 2.05) is 12.1 Å². The summed E-state index contributed by atoms with van der Waals surface area (Å²) in [5.74, 6) is 2.72. The standard InChI is InChI=1S/C25H27N3O/c1-16-21-10-6-7-11-22(21)27(3)25-23(16)17(2)28(19-12-14-20(29)15-13-19)24(26-25)18-8-4-5-9-18/h10-15,18,29H,1-2,4-9H2,3H3. The molecule has 5 rings (SSSR count). The molecule has 148 valence electrons. The lowest BCUT2D eigenvalue weighted by molar-refractivity contribution is 0.475. The Morgan fingerprint density at radius 2 is 1.72 bits per heavy atom. The largest absolute Gasteiger partial charge is 0.508 e. The van der Waals surface area contributed by atoms with Crippen LogP contribution in [0.1, 0.15) is 38.5 Å². The molecule has 1 aromatic rings. The first kappa shape index (κ1) is 18.0. The van der Waals surface area contributed by atoms with Crippen molar-refractivity contribution in [1.82, 2.24) is 4.90 Å². The van der Waals surface area contributed by atoms with Gasteiger partial charge in [0.2, 0.25) is 0 Å². The highest BCUT2D eigenvalue weighted by Crippen LogP contribution is 2.46. The van der Waals surface area contributed by atoms with E-state index in [2.05, 4.69) is 42.2 Å². The number of anilines is 1.